The van der Waals surface area contributed by atoms with Crippen molar-refractivity contribution in [2.75, 3.05) is 21.3 Å². The van der Waals surface area contributed by atoms with E-state index in [4.69, 9.17) is 9.84 Å². The third kappa shape index (κ3) is 5.44. The van der Waals surface area contributed by atoms with Gasteiger partial charge in [-0.05, 0) is 56.7 Å². The number of anilines is 5. The summed E-state index contributed by atoms with van der Waals surface area (Å²) in [6, 6.07) is 16.7. The van der Waals surface area contributed by atoms with Gasteiger partial charge in [-0.25, -0.2) is 19.4 Å². The van der Waals surface area contributed by atoms with E-state index in [0.717, 1.165) is 22.6 Å². The lowest BCUT2D eigenvalue weighted by molar-refractivity contribution is -0.129. The fourth-order valence-corrected chi connectivity index (χ4v) is 4.10. The zero-order valence-corrected chi connectivity index (χ0v) is 23.3. The Labute approximate surface area is 232 Å². The SMILES string of the molecule is Cc1cc(Nc2ncnc3c2OC(C)(C)C(=O)N3)ccc1NC(=O)Nc1cc(C(C)(C)C)nn1-c1ccccc1. The van der Waals surface area contributed by atoms with Crippen molar-refractivity contribution in [3.05, 3.63) is 72.2 Å². The molecule has 4 aromatic rings. The third-order valence-corrected chi connectivity index (χ3v) is 6.40. The van der Waals surface area contributed by atoms with Crippen LogP contribution in [0.25, 0.3) is 5.69 Å². The first-order valence-electron chi connectivity index (χ1n) is 12.9. The summed E-state index contributed by atoms with van der Waals surface area (Å²) in [5.41, 5.74) is 2.63. The topological polar surface area (TPSA) is 135 Å². The van der Waals surface area contributed by atoms with Gasteiger partial charge in [0.1, 0.15) is 12.1 Å². The molecule has 0 saturated heterocycles. The molecule has 2 aromatic heterocycles. The maximum Gasteiger partial charge on any atom is 0.324 e. The number of para-hydroxylation sites is 1. The molecule has 206 valence electrons. The summed E-state index contributed by atoms with van der Waals surface area (Å²) in [7, 11) is 0. The number of benzene rings is 2. The molecule has 0 aliphatic carbocycles. The number of carbonyl (C=O) groups is 2. The first kappa shape index (κ1) is 26.7. The van der Waals surface area contributed by atoms with Crippen molar-refractivity contribution in [3.8, 4) is 11.4 Å². The van der Waals surface area contributed by atoms with Crippen molar-refractivity contribution in [2.45, 2.75) is 52.6 Å². The van der Waals surface area contributed by atoms with Gasteiger partial charge in [0.25, 0.3) is 5.91 Å². The van der Waals surface area contributed by atoms with E-state index in [2.05, 4.69) is 52.0 Å². The van der Waals surface area contributed by atoms with Crippen LogP contribution in [0, 0.1) is 6.92 Å². The van der Waals surface area contributed by atoms with Gasteiger partial charge in [-0.2, -0.15) is 5.10 Å². The van der Waals surface area contributed by atoms with Crippen LogP contribution in [0.2, 0.25) is 0 Å². The van der Waals surface area contributed by atoms with Crippen LogP contribution in [0.15, 0.2) is 60.9 Å². The lowest BCUT2D eigenvalue weighted by atomic mass is 9.92. The molecular weight excluding hydrogens is 508 g/mol. The van der Waals surface area contributed by atoms with Gasteiger partial charge >= 0.3 is 6.03 Å². The van der Waals surface area contributed by atoms with Crippen LogP contribution in [0.3, 0.4) is 0 Å². The highest BCUT2D eigenvalue weighted by atomic mass is 16.5. The van der Waals surface area contributed by atoms with Gasteiger partial charge in [-0.15, -0.1) is 0 Å². The number of rotatable bonds is 5. The molecule has 0 radical (unpaired) electrons. The second-order valence-corrected chi connectivity index (χ2v) is 11.1. The molecule has 1 aliphatic heterocycles. The van der Waals surface area contributed by atoms with Crippen molar-refractivity contribution >= 4 is 40.8 Å². The van der Waals surface area contributed by atoms with Crippen molar-refractivity contribution in [3.63, 3.8) is 0 Å². The molecule has 0 atom stereocenters. The number of urea groups is 1. The summed E-state index contributed by atoms with van der Waals surface area (Å²) in [6.45, 7) is 11.5. The van der Waals surface area contributed by atoms with Crippen molar-refractivity contribution in [2.24, 2.45) is 0 Å². The largest absolute Gasteiger partial charge is 0.470 e. The standard InChI is InChI=1S/C29H32N8O3/c1-17-14-18(32-24-23-25(31-16-30-24)35-26(38)29(5,6)40-23)12-13-20(17)33-27(39)34-22-15-21(28(2,3)4)36-37(22)19-10-8-7-9-11-19/h7-16H,1-6H3,(H2,33,34,39)(H2,30,31,32,35,38). The highest BCUT2D eigenvalue weighted by molar-refractivity contribution is 6.01. The number of hydrogen-bond acceptors (Lipinski definition) is 7. The minimum atomic E-state index is -1.06. The summed E-state index contributed by atoms with van der Waals surface area (Å²) in [5, 5.41) is 16.6. The predicted octanol–water partition coefficient (Wildman–Crippen LogP) is 5.77. The normalized spacial score (nSPS) is 14.0. The summed E-state index contributed by atoms with van der Waals surface area (Å²) in [4.78, 5) is 33.7. The van der Waals surface area contributed by atoms with Gasteiger partial charge in [0, 0.05) is 22.9 Å². The molecule has 11 nitrogen and oxygen atoms in total. The van der Waals surface area contributed by atoms with Crippen LogP contribution in [0.1, 0.15) is 45.9 Å². The maximum absolute atomic E-state index is 13.1. The molecule has 3 heterocycles. The smallest absolute Gasteiger partial charge is 0.324 e. The van der Waals surface area contributed by atoms with Crippen LogP contribution in [-0.2, 0) is 10.2 Å². The Morgan fingerprint density at radius 1 is 1.02 bits per heavy atom. The molecule has 5 rings (SSSR count). The molecule has 0 fully saturated rings. The Hall–Kier alpha value is -4.93. The number of hydrogen-bond donors (Lipinski definition) is 4. The Bertz CT molecular complexity index is 1590. The summed E-state index contributed by atoms with van der Waals surface area (Å²) < 4.78 is 7.62. The lowest BCUT2D eigenvalue weighted by Crippen LogP contribution is -2.46. The molecule has 1 aliphatic rings. The second-order valence-electron chi connectivity index (χ2n) is 11.1. The van der Waals surface area contributed by atoms with Crippen molar-refractivity contribution in [1.82, 2.24) is 19.7 Å². The van der Waals surface area contributed by atoms with Crippen LogP contribution in [0.5, 0.6) is 5.75 Å². The fourth-order valence-electron chi connectivity index (χ4n) is 4.10. The number of amides is 3. The van der Waals surface area contributed by atoms with E-state index in [9.17, 15) is 9.59 Å². The number of nitrogens with one attached hydrogen (secondary N) is 4. The maximum atomic E-state index is 13.1. The van der Waals surface area contributed by atoms with Gasteiger partial charge in [0.2, 0.25) is 5.75 Å². The Morgan fingerprint density at radius 3 is 2.48 bits per heavy atom. The molecule has 0 spiro atoms. The van der Waals surface area contributed by atoms with Gasteiger partial charge < -0.3 is 20.7 Å². The molecular formula is C29H32N8O3. The van der Waals surface area contributed by atoms with Crippen LogP contribution in [-0.4, -0.2) is 37.3 Å². The molecule has 0 bridgehead atoms. The highest BCUT2D eigenvalue weighted by Gasteiger charge is 2.37. The van der Waals surface area contributed by atoms with E-state index in [1.54, 1.807) is 24.6 Å². The number of carbonyl (C=O) groups excluding carboxylic acids is 2. The van der Waals surface area contributed by atoms with E-state index in [1.165, 1.54) is 6.33 Å². The van der Waals surface area contributed by atoms with Crippen molar-refractivity contribution < 1.29 is 14.3 Å². The van der Waals surface area contributed by atoms with E-state index in [1.807, 2.05) is 55.5 Å². The van der Waals surface area contributed by atoms with Gasteiger partial charge in [-0.1, -0.05) is 39.0 Å². The highest BCUT2D eigenvalue weighted by Crippen LogP contribution is 2.38. The minimum Gasteiger partial charge on any atom is -0.470 e. The zero-order valence-electron chi connectivity index (χ0n) is 23.3. The van der Waals surface area contributed by atoms with Crippen LogP contribution in [0.4, 0.5) is 33.6 Å². The van der Waals surface area contributed by atoms with E-state index in [-0.39, 0.29) is 11.3 Å². The molecule has 0 saturated carbocycles. The average molecular weight is 541 g/mol. The Kier molecular flexibility index (Phi) is 6.66. The molecule has 2 aromatic carbocycles. The van der Waals surface area contributed by atoms with E-state index < -0.39 is 11.6 Å². The van der Waals surface area contributed by atoms with Crippen LogP contribution < -0.4 is 26.0 Å². The summed E-state index contributed by atoms with van der Waals surface area (Å²) in [5.74, 6) is 1.36. The number of aromatic nitrogens is 4. The quantitative estimate of drug-likeness (QED) is 0.253. The Morgan fingerprint density at radius 2 is 1.77 bits per heavy atom. The molecule has 11 heteroatoms. The molecule has 40 heavy (non-hydrogen) atoms. The Balaban J connectivity index is 1.33. The fraction of sp³-hybridized carbons (Fsp3) is 0.276. The first-order valence-corrected chi connectivity index (χ1v) is 12.9. The molecule has 0 unspecified atom stereocenters. The molecule has 3 amide bonds. The van der Waals surface area contributed by atoms with Gasteiger partial charge in [0.15, 0.2) is 17.2 Å². The number of aryl methyl sites for hydroxylation is 1. The van der Waals surface area contributed by atoms with Gasteiger partial charge in [-0.3, -0.25) is 10.1 Å². The van der Waals surface area contributed by atoms with Crippen LogP contribution >= 0.6 is 0 Å². The second kappa shape index (κ2) is 9.99. The van der Waals surface area contributed by atoms with Crippen molar-refractivity contribution in [1.29, 1.82) is 0 Å². The van der Waals surface area contributed by atoms with E-state index >= 15 is 0 Å². The summed E-state index contributed by atoms with van der Waals surface area (Å²) in [6.07, 6.45) is 1.35. The molecule has 4 N–H and O–H groups in total. The zero-order chi connectivity index (χ0) is 28.7. The predicted molar refractivity (Wildman–Crippen MR) is 155 cm³/mol. The number of nitrogens with zero attached hydrogens (tertiary/aromatic N) is 4. The number of ether oxygens (including phenoxy) is 1. The van der Waals surface area contributed by atoms with Gasteiger partial charge in [0.05, 0.1) is 11.4 Å². The minimum absolute atomic E-state index is 0.193. The summed E-state index contributed by atoms with van der Waals surface area (Å²) >= 11 is 0. The van der Waals surface area contributed by atoms with E-state index in [0.29, 0.717) is 28.9 Å². The lowest BCUT2D eigenvalue weighted by Gasteiger charge is -2.31. The average Bonchev–Trinajstić information content (AvgIpc) is 3.32. The number of fused-ring (bicyclic) bond motifs is 1. The first-order chi connectivity index (χ1) is 18.9. The monoisotopic (exact) mass is 540 g/mol. The third-order valence-electron chi connectivity index (χ3n) is 6.40.